The number of nitrogens with zero attached hydrogens (tertiary/aromatic N) is 3. The summed E-state index contributed by atoms with van der Waals surface area (Å²) in [5.74, 6) is 1.47. The summed E-state index contributed by atoms with van der Waals surface area (Å²) in [5.41, 5.74) is 1.22. The van der Waals surface area contributed by atoms with Gasteiger partial charge in [-0.2, -0.15) is 0 Å². The van der Waals surface area contributed by atoms with E-state index in [1.54, 1.807) is 0 Å². The Hall–Kier alpha value is -1.63. The maximum Gasteiger partial charge on any atom is 0.190 e. The molecule has 1 aromatic rings. The first-order valence-corrected chi connectivity index (χ1v) is 10.6. The zero-order chi connectivity index (χ0) is 20.2. The second-order valence-electron chi connectivity index (χ2n) is 7.87. The van der Waals surface area contributed by atoms with Crippen molar-refractivity contribution in [2.75, 3.05) is 66.5 Å². The molecule has 2 unspecified atom stereocenters. The van der Waals surface area contributed by atoms with Crippen molar-refractivity contribution in [3.05, 3.63) is 35.9 Å². The molecule has 1 fully saturated rings. The molecule has 158 valence electrons. The summed E-state index contributed by atoms with van der Waals surface area (Å²) in [7, 11) is 4.03. The maximum atomic E-state index is 5.92. The summed E-state index contributed by atoms with van der Waals surface area (Å²) in [5, 5.41) is 6.84. The van der Waals surface area contributed by atoms with E-state index in [2.05, 4.69) is 70.6 Å². The van der Waals surface area contributed by atoms with Crippen LogP contribution in [0.2, 0.25) is 0 Å². The topological polar surface area (TPSA) is 52.1 Å². The summed E-state index contributed by atoms with van der Waals surface area (Å²) in [6.07, 6.45) is 1.09. The Morgan fingerprint density at radius 2 is 1.82 bits per heavy atom. The molecule has 0 radical (unpaired) electrons. The van der Waals surface area contributed by atoms with E-state index < -0.39 is 0 Å². The molecule has 0 spiro atoms. The second-order valence-corrected chi connectivity index (χ2v) is 7.87. The smallest absolute Gasteiger partial charge is 0.190 e. The van der Waals surface area contributed by atoms with Crippen molar-refractivity contribution < 1.29 is 4.74 Å². The fourth-order valence-electron chi connectivity index (χ4n) is 3.39. The van der Waals surface area contributed by atoms with Gasteiger partial charge in [-0.1, -0.05) is 37.3 Å². The fraction of sp³-hybridized carbons (Fsp3) is 0.682. The standard InChI is InChI=1S/C22H39N5O/c1-19(18-27-14-12-26(4)13-15-27)17-25-22(23-3)24-11-8-16-28-20(2)21-9-6-5-7-10-21/h5-7,9-10,19-20H,8,11-18H2,1-4H3,(H2,23,24,25). The predicted octanol–water partition coefficient (Wildman–Crippen LogP) is 2.20. The summed E-state index contributed by atoms with van der Waals surface area (Å²) < 4.78 is 5.92. The van der Waals surface area contributed by atoms with E-state index in [4.69, 9.17) is 4.74 Å². The molecule has 1 heterocycles. The Labute approximate surface area is 171 Å². The maximum absolute atomic E-state index is 5.92. The van der Waals surface area contributed by atoms with Crippen LogP contribution in [0.1, 0.15) is 31.9 Å². The van der Waals surface area contributed by atoms with Crippen molar-refractivity contribution in [3.63, 3.8) is 0 Å². The van der Waals surface area contributed by atoms with Gasteiger partial charge in [0.05, 0.1) is 6.10 Å². The van der Waals surface area contributed by atoms with E-state index in [1.165, 1.54) is 31.7 Å². The SMILES string of the molecule is CN=C(NCCCOC(C)c1ccccc1)NCC(C)CN1CCN(C)CC1. The summed E-state index contributed by atoms with van der Waals surface area (Å²) in [4.78, 5) is 9.29. The zero-order valence-corrected chi connectivity index (χ0v) is 18.2. The van der Waals surface area contributed by atoms with Gasteiger partial charge in [0.25, 0.3) is 0 Å². The molecule has 2 rings (SSSR count). The van der Waals surface area contributed by atoms with Gasteiger partial charge >= 0.3 is 0 Å². The lowest BCUT2D eigenvalue weighted by Crippen LogP contribution is -2.47. The van der Waals surface area contributed by atoms with Gasteiger partial charge in [0.2, 0.25) is 0 Å². The molecular formula is C22H39N5O. The predicted molar refractivity (Wildman–Crippen MR) is 118 cm³/mol. The Morgan fingerprint density at radius 1 is 1.11 bits per heavy atom. The highest BCUT2D eigenvalue weighted by atomic mass is 16.5. The number of piperazine rings is 1. The molecule has 28 heavy (non-hydrogen) atoms. The van der Waals surface area contributed by atoms with Crippen LogP contribution in [-0.2, 0) is 4.74 Å². The van der Waals surface area contributed by atoms with Gasteiger partial charge in [-0.05, 0) is 31.9 Å². The third kappa shape index (κ3) is 8.59. The molecule has 2 N–H and O–H groups in total. The Balaban J connectivity index is 1.54. The molecule has 2 atom stereocenters. The number of aliphatic imine (C=N–C) groups is 1. The largest absolute Gasteiger partial charge is 0.374 e. The molecule has 0 aromatic heterocycles. The molecule has 0 amide bonds. The zero-order valence-electron chi connectivity index (χ0n) is 18.2. The number of benzene rings is 1. The van der Waals surface area contributed by atoms with Crippen molar-refractivity contribution in [3.8, 4) is 0 Å². The highest BCUT2D eigenvalue weighted by Gasteiger charge is 2.16. The third-order valence-corrected chi connectivity index (χ3v) is 5.26. The number of nitrogens with one attached hydrogen (secondary N) is 2. The average Bonchev–Trinajstić information content (AvgIpc) is 2.72. The fourth-order valence-corrected chi connectivity index (χ4v) is 3.39. The molecule has 1 saturated heterocycles. The van der Waals surface area contributed by atoms with E-state index in [0.29, 0.717) is 5.92 Å². The van der Waals surface area contributed by atoms with Gasteiger partial charge in [-0.15, -0.1) is 0 Å². The van der Waals surface area contributed by atoms with E-state index in [9.17, 15) is 0 Å². The van der Waals surface area contributed by atoms with Gasteiger partial charge in [0.1, 0.15) is 0 Å². The van der Waals surface area contributed by atoms with E-state index in [-0.39, 0.29) is 6.10 Å². The van der Waals surface area contributed by atoms with Crippen LogP contribution in [-0.4, -0.2) is 82.3 Å². The van der Waals surface area contributed by atoms with Gasteiger partial charge in [-0.25, -0.2) is 0 Å². The monoisotopic (exact) mass is 389 g/mol. The van der Waals surface area contributed by atoms with Gasteiger partial charge < -0.3 is 25.2 Å². The Kier molecular flexibility index (Phi) is 10.3. The van der Waals surface area contributed by atoms with Gasteiger partial charge in [0, 0.05) is 59.5 Å². The molecule has 1 aliphatic heterocycles. The first-order chi connectivity index (χ1) is 13.6. The van der Waals surface area contributed by atoms with Crippen molar-refractivity contribution >= 4 is 5.96 Å². The Bertz CT molecular complexity index is 557. The van der Waals surface area contributed by atoms with Crippen LogP contribution in [0.25, 0.3) is 0 Å². The van der Waals surface area contributed by atoms with Crippen molar-refractivity contribution in [2.24, 2.45) is 10.9 Å². The molecule has 1 aliphatic rings. The van der Waals surface area contributed by atoms with Crippen LogP contribution in [0.3, 0.4) is 0 Å². The highest BCUT2D eigenvalue weighted by molar-refractivity contribution is 5.79. The van der Waals surface area contributed by atoms with Crippen LogP contribution in [0.15, 0.2) is 35.3 Å². The molecular weight excluding hydrogens is 350 g/mol. The minimum Gasteiger partial charge on any atom is -0.374 e. The molecule has 0 bridgehead atoms. The number of hydrogen-bond acceptors (Lipinski definition) is 4. The van der Waals surface area contributed by atoms with Crippen LogP contribution >= 0.6 is 0 Å². The first kappa shape index (κ1) is 22.7. The normalized spacial score (nSPS) is 18.6. The van der Waals surface area contributed by atoms with Crippen LogP contribution < -0.4 is 10.6 Å². The number of hydrogen-bond donors (Lipinski definition) is 2. The van der Waals surface area contributed by atoms with E-state index in [1.807, 2.05) is 13.1 Å². The minimum atomic E-state index is 0.133. The van der Waals surface area contributed by atoms with Crippen molar-refractivity contribution in [2.45, 2.75) is 26.4 Å². The molecule has 1 aromatic carbocycles. The van der Waals surface area contributed by atoms with Crippen LogP contribution in [0, 0.1) is 5.92 Å². The molecule has 0 aliphatic carbocycles. The molecule has 6 heteroatoms. The lowest BCUT2D eigenvalue weighted by Gasteiger charge is -2.34. The Morgan fingerprint density at radius 3 is 2.50 bits per heavy atom. The van der Waals surface area contributed by atoms with Crippen LogP contribution in [0.4, 0.5) is 0 Å². The van der Waals surface area contributed by atoms with Gasteiger partial charge in [-0.3, -0.25) is 4.99 Å². The number of guanidine groups is 1. The summed E-state index contributed by atoms with van der Waals surface area (Å²) >= 11 is 0. The molecule has 6 nitrogen and oxygen atoms in total. The van der Waals surface area contributed by atoms with Gasteiger partial charge in [0.15, 0.2) is 5.96 Å². The van der Waals surface area contributed by atoms with Crippen molar-refractivity contribution in [1.82, 2.24) is 20.4 Å². The average molecular weight is 390 g/mol. The van der Waals surface area contributed by atoms with E-state index >= 15 is 0 Å². The van der Waals surface area contributed by atoms with E-state index in [0.717, 1.165) is 38.6 Å². The second kappa shape index (κ2) is 12.8. The third-order valence-electron chi connectivity index (χ3n) is 5.26. The number of ether oxygens (including phenoxy) is 1. The van der Waals surface area contributed by atoms with Crippen molar-refractivity contribution in [1.29, 1.82) is 0 Å². The quantitative estimate of drug-likeness (QED) is 0.365. The lowest BCUT2D eigenvalue weighted by atomic mass is 10.1. The highest BCUT2D eigenvalue weighted by Crippen LogP contribution is 2.15. The minimum absolute atomic E-state index is 0.133. The summed E-state index contributed by atoms with van der Waals surface area (Å²) in [6.45, 7) is 12.8. The number of rotatable bonds is 10. The summed E-state index contributed by atoms with van der Waals surface area (Å²) in [6, 6.07) is 10.4. The molecule has 0 saturated carbocycles. The number of likely N-dealkylation sites (N-methyl/N-ethyl adjacent to an activating group) is 1. The van der Waals surface area contributed by atoms with Crippen LogP contribution in [0.5, 0.6) is 0 Å². The first-order valence-electron chi connectivity index (χ1n) is 10.6. The lowest BCUT2D eigenvalue weighted by molar-refractivity contribution is 0.0646.